The van der Waals surface area contributed by atoms with Crippen LogP contribution in [0.25, 0.3) is 0 Å². The minimum atomic E-state index is -0.709. The van der Waals surface area contributed by atoms with E-state index >= 15 is 0 Å². The van der Waals surface area contributed by atoms with Gasteiger partial charge in [-0.25, -0.2) is 0 Å². The number of amides is 1. The second kappa shape index (κ2) is 5.82. The number of ketones is 1. The first kappa shape index (κ1) is 15.8. The van der Waals surface area contributed by atoms with Crippen molar-refractivity contribution in [3.63, 3.8) is 0 Å². The Hall–Kier alpha value is -2.13. The predicted molar refractivity (Wildman–Crippen MR) is 92.2 cm³/mol. The first-order chi connectivity index (χ1) is 10.9. The van der Waals surface area contributed by atoms with Gasteiger partial charge >= 0.3 is 0 Å². The molecule has 0 radical (unpaired) electrons. The lowest BCUT2D eigenvalue weighted by Crippen LogP contribution is -2.36. The normalized spacial score (nSPS) is 19.8. The van der Waals surface area contributed by atoms with E-state index in [0.717, 1.165) is 11.3 Å². The number of hydrogen-bond acceptors (Lipinski definition) is 2. The zero-order valence-electron chi connectivity index (χ0n) is 13.2. The molecular weight excluding hydrogens is 310 g/mol. The van der Waals surface area contributed by atoms with Crippen LogP contribution in [-0.4, -0.2) is 18.7 Å². The molecule has 23 heavy (non-hydrogen) atoms. The number of hydrogen-bond donors (Lipinski definition) is 0. The molecule has 1 unspecified atom stereocenters. The van der Waals surface area contributed by atoms with Crippen LogP contribution in [0.3, 0.4) is 0 Å². The van der Waals surface area contributed by atoms with Gasteiger partial charge < -0.3 is 4.90 Å². The van der Waals surface area contributed by atoms with Crippen molar-refractivity contribution in [1.29, 1.82) is 0 Å². The Morgan fingerprint density at radius 3 is 2.57 bits per heavy atom. The lowest BCUT2D eigenvalue weighted by Gasteiger charge is -2.23. The van der Waals surface area contributed by atoms with Crippen LogP contribution in [0.2, 0.25) is 5.02 Å². The number of carbonyl (C=O) groups is 2. The summed E-state index contributed by atoms with van der Waals surface area (Å²) in [6, 6.07) is 14.7. The van der Waals surface area contributed by atoms with Gasteiger partial charge in [0.1, 0.15) is 0 Å². The second-order valence-electron chi connectivity index (χ2n) is 6.15. The van der Waals surface area contributed by atoms with Crippen molar-refractivity contribution < 1.29 is 9.59 Å². The molecule has 0 bridgehead atoms. The molecule has 2 aromatic carbocycles. The SMILES string of the molecule is CN1C(=O)C(C)(CCC(=O)c2ccccc2)c2cc(Cl)ccc21. The highest BCUT2D eigenvalue weighted by Crippen LogP contribution is 2.44. The summed E-state index contributed by atoms with van der Waals surface area (Å²) in [5, 5.41) is 0.604. The van der Waals surface area contributed by atoms with Crippen LogP contribution >= 0.6 is 11.6 Å². The highest BCUT2D eigenvalue weighted by atomic mass is 35.5. The van der Waals surface area contributed by atoms with Crippen molar-refractivity contribution in [2.24, 2.45) is 0 Å². The fourth-order valence-corrected chi connectivity index (χ4v) is 3.38. The van der Waals surface area contributed by atoms with E-state index in [2.05, 4.69) is 0 Å². The molecule has 1 aliphatic rings. The van der Waals surface area contributed by atoms with Crippen molar-refractivity contribution in [3.05, 3.63) is 64.7 Å². The number of anilines is 1. The molecule has 0 saturated heterocycles. The molecule has 0 aromatic heterocycles. The van der Waals surface area contributed by atoms with Gasteiger partial charge in [-0.1, -0.05) is 41.9 Å². The molecule has 1 aliphatic heterocycles. The maximum atomic E-state index is 12.7. The van der Waals surface area contributed by atoms with Crippen LogP contribution in [0.15, 0.2) is 48.5 Å². The van der Waals surface area contributed by atoms with E-state index < -0.39 is 5.41 Å². The summed E-state index contributed by atoms with van der Waals surface area (Å²) in [5.74, 6) is 0.0633. The standard InChI is InChI=1S/C19H18ClNO2/c1-19(11-10-17(22)13-6-4-3-5-7-13)15-12-14(20)8-9-16(15)21(2)18(19)23/h3-9,12H,10-11H2,1-2H3. The average molecular weight is 328 g/mol. The van der Waals surface area contributed by atoms with E-state index in [1.54, 1.807) is 30.1 Å². The number of Topliss-reactive ketones (excluding diaryl/α,β-unsaturated/α-hetero) is 1. The van der Waals surface area contributed by atoms with Crippen LogP contribution in [-0.2, 0) is 10.2 Å². The third-order valence-corrected chi connectivity index (χ3v) is 4.87. The van der Waals surface area contributed by atoms with Gasteiger partial charge in [-0.3, -0.25) is 9.59 Å². The summed E-state index contributed by atoms with van der Waals surface area (Å²) in [6.45, 7) is 1.90. The molecule has 0 spiro atoms. The van der Waals surface area contributed by atoms with Gasteiger partial charge in [-0.05, 0) is 37.1 Å². The molecule has 0 saturated carbocycles. The molecule has 3 nitrogen and oxygen atoms in total. The third-order valence-electron chi connectivity index (χ3n) is 4.64. The highest BCUT2D eigenvalue weighted by molar-refractivity contribution is 6.31. The lowest BCUT2D eigenvalue weighted by atomic mass is 9.79. The van der Waals surface area contributed by atoms with Crippen LogP contribution in [0.1, 0.15) is 35.7 Å². The number of halogens is 1. The number of benzene rings is 2. The fourth-order valence-electron chi connectivity index (χ4n) is 3.21. The van der Waals surface area contributed by atoms with Crippen molar-refractivity contribution in [3.8, 4) is 0 Å². The number of carbonyl (C=O) groups excluding carboxylic acids is 2. The molecule has 3 rings (SSSR count). The molecular formula is C19H18ClNO2. The molecule has 118 valence electrons. The van der Waals surface area contributed by atoms with Gasteiger partial charge in [0.05, 0.1) is 5.41 Å². The predicted octanol–water partition coefficient (Wildman–Crippen LogP) is 4.24. The Balaban J connectivity index is 1.86. The van der Waals surface area contributed by atoms with E-state index in [1.807, 2.05) is 37.3 Å². The van der Waals surface area contributed by atoms with Gasteiger partial charge in [-0.15, -0.1) is 0 Å². The smallest absolute Gasteiger partial charge is 0.237 e. The van der Waals surface area contributed by atoms with Crippen molar-refractivity contribution in [2.45, 2.75) is 25.2 Å². The van der Waals surface area contributed by atoms with Crippen LogP contribution in [0.4, 0.5) is 5.69 Å². The quantitative estimate of drug-likeness (QED) is 0.788. The molecule has 4 heteroatoms. The Bertz CT molecular complexity index is 772. The first-order valence-corrected chi connectivity index (χ1v) is 7.98. The molecule has 1 atom stereocenters. The average Bonchev–Trinajstić information content (AvgIpc) is 2.75. The van der Waals surface area contributed by atoms with Gasteiger partial charge in [0, 0.05) is 29.7 Å². The van der Waals surface area contributed by atoms with Gasteiger partial charge in [0.15, 0.2) is 5.78 Å². The molecule has 0 N–H and O–H groups in total. The molecule has 1 amide bonds. The van der Waals surface area contributed by atoms with E-state index in [0.29, 0.717) is 23.4 Å². The van der Waals surface area contributed by atoms with E-state index in [4.69, 9.17) is 11.6 Å². The maximum Gasteiger partial charge on any atom is 0.237 e. The summed E-state index contributed by atoms with van der Waals surface area (Å²) in [5.41, 5.74) is 1.74. The fraction of sp³-hybridized carbons (Fsp3) is 0.263. The second-order valence-corrected chi connectivity index (χ2v) is 6.58. The summed E-state index contributed by atoms with van der Waals surface area (Å²) in [4.78, 5) is 26.7. The van der Waals surface area contributed by atoms with Crippen LogP contribution < -0.4 is 4.90 Å². The van der Waals surface area contributed by atoms with Crippen molar-refractivity contribution >= 4 is 29.0 Å². The number of likely N-dealkylation sites (N-methyl/N-ethyl adjacent to an activating group) is 1. The molecule has 0 aliphatic carbocycles. The highest BCUT2D eigenvalue weighted by Gasteiger charge is 2.45. The molecule has 2 aromatic rings. The van der Waals surface area contributed by atoms with Crippen molar-refractivity contribution in [2.75, 3.05) is 11.9 Å². The largest absolute Gasteiger partial charge is 0.314 e. The minimum Gasteiger partial charge on any atom is -0.314 e. The molecule has 0 fully saturated rings. The number of fused-ring (bicyclic) bond motifs is 1. The number of nitrogens with zero attached hydrogens (tertiary/aromatic N) is 1. The number of rotatable bonds is 4. The monoisotopic (exact) mass is 327 g/mol. The topological polar surface area (TPSA) is 37.4 Å². The Morgan fingerprint density at radius 1 is 1.17 bits per heavy atom. The van der Waals surface area contributed by atoms with E-state index in [-0.39, 0.29) is 11.7 Å². The van der Waals surface area contributed by atoms with Gasteiger partial charge in [0.2, 0.25) is 5.91 Å². The minimum absolute atomic E-state index is 0.00984. The summed E-state index contributed by atoms with van der Waals surface area (Å²) in [6.07, 6.45) is 0.795. The Kier molecular flexibility index (Phi) is 3.99. The zero-order valence-corrected chi connectivity index (χ0v) is 13.9. The summed E-state index contributed by atoms with van der Waals surface area (Å²) < 4.78 is 0. The summed E-state index contributed by atoms with van der Waals surface area (Å²) >= 11 is 6.11. The van der Waals surface area contributed by atoms with Crippen LogP contribution in [0.5, 0.6) is 0 Å². The maximum absolute atomic E-state index is 12.7. The summed E-state index contributed by atoms with van der Waals surface area (Å²) in [7, 11) is 1.76. The van der Waals surface area contributed by atoms with Gasteiger partial charge in [-0.2, -0.15) is 0 Å². The Labute approximate surface area is 140 Å². The lowest BCUT2D eigenvalue weighted by molar-refractivity contribution is -0.122. The van der Waals surface area contributed by atoms with E-state index in [9.17, 15) is 9.59 Å². The molecule has 1 heterocycles. The Morgan fingerprint density at radius 2 is 1.87 bits per heavy atom. The van der Waals surface area contributed by atoms with Crippen LogP contribution in [0, 0.1) is 0 Å². The third kappa shape index (κ3) is 2.66. The van der Waals surface area contributed by atoms with Crippen molar-refractivity contribution in [1.82, 2.24) is 0 Å². The first-order valence-electron chi connectivity index (χ1n) is 7.60. The zero-order chi connectivity index (χ0) is 16.6. The van der Waals surface area contributed by atoms with E-state index in [1.165, 1.54) is 0 Å². The van der Waals surface area contributed by atoms with Gasteiger partial charge in [0.25, 0.3) is 0 Å².